The van der Waals surface area contributed by atoms with Gasteiger partial charge in [-0.15, -0.1) is 0 Å². The van der Waals surface area contributed by atoms with Crippen molar-refractivity contribution >= 4 is 0 Å². The van der Waals surface area contributed by atoms with E-state index in [4.69, 9.17) is 0 Å². The van der Waals surface area contributed by atoms with Crippen LogP contribution in [0.25, 0.3) is 0 Å². The van der Waals surface area contributed by atoms with Gasteiger partial charge in [-0.3, -0.25) is 0 Å². The normalized spacial score (nSPS) is 23.5. The smallest absolute Gasteiger partial charge is 0.00928 e. The second kappa shape index (κ2) is 7.08. The van der Waals surface area contributed by atoms with Crippen molar-refractivity contribution < 1.29 is 0 Å². The first kappa shape index (κ1) is 17.0. The summed E-state index contributed by atoms with van der Waals surface area (Å²) in [4.78, 5) is 2.64. The molecule has 1 aliphatic rings. The van der Waals surface area contributed by atoms with Crippen LogP contribution in [-0.2, 0) is 0 Å². The average Bonchev–Trinajstić information content (AvgIpc) is 2.36. The van der Waals surface area contributed by atoms with Gasteiger partial charge in [0.2, 0.25) is 0 Å². The van der Waals surface area contributed by atoms with E-state index in [1.807, 2.05) is 0 Å². The topological polar surface area (TPSA) is 15.3 Å². The highest BCUT2D eigenvalue weighted by molar-refractivity contribution is 4.86. The summed E-state index contributed by atoms with van der Waals surface area (Å²) in [6.07, 6.45) is 6.79. The van der Waals surface area contributed by atoms with E-state index in [9.17, 15) is 0 Å². The molecule has 0 heterocycles. The quantitative estimate of drug-likeness (QED) is 0.753. The lowest BCUT2D eigenvalue weighted by atomic mass is 9.75. The van der Waals surface area contributed by atoms with E-state index >= 15 is 0 Å². The highest BCUT2D eigenvalue weighted by Gasteiger charge is 2.31. The molecular formula is C17H36N2. The van der Waals surface area contributed by atoms with Gasteiger partial charge in [0.05, 0.1) is 0 Å². The Hall–Kier alpha value is -0.0800. The molecule has 1 atom stereocenters. The zero-order valence-corrected chi connectivity index (χ0v) is 14.2. The predicted octanol–water partition coefficient (Wildman–Crippen LogP) is 3.91. The molecule has 1 unspecified atom stereocenters. The van der Waals surface area contributed by atoms with Crippen LogP contribution < -0.4 is 5.32 Å². The third kappa shape index (κ3) is 5.43. The maximum Gasteiger partial charge on any atom is 0.00928 e. The van der Waals surface area contributed by atoms with Gasteiger partial charge in [-0.05, 0) is 56.5 Å². The Labute approximate surface area is 121 Å². The molecule has 1 saturated carbocycles. The zero-order chi connectivity index (χ0) is 14.5. The average molecular weight is 268 g/mol. The predicted molar refractivity (Wildman–Crippen MR) is 85.6 cm³/mol. The molecule has 1 aliphatic carbocycles. The van der Waals surface area contributed by atoms with E-state index < -0.39 is 0 Å². The van der Waals surface area contributed by atoms with Crippen LogP contribution in [0.4, 0.5) is 0 Å². The van der Waals surface area contributed by atoms with Crippen LogP contribution in [-0.4, -0.2) is 37.6 Å². The summed E-state index contributed by atoms with van der Waals surface area (Å²) in [6.45, 7) is 15.2. The number of hydrogen-bond acceptors (Lipinski definition) is 2. The molecule has 1 rings (SSSR count). The van der Waals surface area contributed by atoms with Gasteiger partial charge < -0.3 is 10.2 Å². The van der Waals surface area contributed by atoms with Crippen LogP contribution in [0.5, 0.6) is 0 Å². The molecular weight excluding hydrogens is 232 g/mol. The largest absolute Gasteiger partial charge is 0.316 e. The Kier molecular flexibility index (Phi) is 6.32. The first-order valence-electron chi connectivity index (χ1n) is 8.23. The maximum absolute atomic E-state index is 3.53. The first-order chi connectivity index (χ1) is 8.82. The van der Waals surface area contributed by atoms with Crippen molar-refractivity contribution in [3.8, 4) is 0 Å². The Morgan fingerprint density at radius 1 is 1.21 bits per heavy atom. The van der Waals surface area contributed by atoms with Gasteiger partial charge in [0.1, 0.15) is 0 Å². The molecule has 0 spiro atoms. The van der Waals surface area contributed by atoms with E-state index in [-0.39, 0.29) is 0 Å². The molecule has 0 saturated heterocycles. The Bertz CT molecular complexity index is 252. The molecule has 0 radical (unpaired) electrons. The second-order valence-corrected chi connectivity index (χ2v) is 7.76. The summed E-state index contributed by atoms with van der Waals surface area (Å²) in [7, 11) is 2.34. The molecule has 0 aromatic carbocycles. The van der Waals surface area contributed by atoms with Crippen LogP contribution in [0.3, 0.4) is 0 Å². The number of hydrogen-bond donors (Lipinski definition) is 1. The van der Waals surface area contributed by atoms with Crippen LogP contribution in [0.2, 0.25) is 0 Å². The van der Waals surface area contributed by atoms with Crippen LogP contribution in [0.15, 0.2) is 0 Å². The van der Waals surface area contributed by atoms with E-state index in [1.54, 1.807) is 0 Å². The van der Waals surface area contributed by atoms with Gasteiger partial charge in [-0.1, -0.05) is 34.6 Å². The van der Waals surface area contributed by atoms with Crippen molar-refractivity contribution in [1.29, 1.82) is 0 Å². The Morgan fingerprint density at radius 2 is 1.79 bits per heavy atom. The molecule has 19 heavy (non-hydrogen) atoms. The van der Waals surface area contributed by atoms with Crippen LogP contribution in [0, 0.1) is 10.8 Å². The third-order valence-corrected chi connectivity index (χ3v) is 5.22. The molecule has 2 heteroatoms. The van der Waals surface area contributed by atoms with Gasteiger partial charge >= 0.3 is 0 Å². The molecule has 1 N–H and O–H groups in total. The summed E-state index contributed by atoms with van der Waals surface area (Å²) in [5, 5.41) is 3.53. The molecule has 0 aromatic heterocycles. The van der Waals surface area contributed by atoms with E-state index in [0.29, 0.717) is 10.8 Å². The van der Waals surface area contributed by atoms with Crippen molar-refractivity contribution in [3.05, 3.63) is 0 Å². The lowest BCUT2D eigenvalue weighted by Gasteiger charge is -2.42. The minimum Gasteiger partial charge on any atom is -0.316 e. The number of nitrogens with one attached hydrogen (secondary N) is 1. The fraction of sp³-hybridized carbons (Fsp3) is 1.00. The van der Waals surface area contributed by atoms with Gasteiger partial charge in [0.15, 0.2) is 0 Å². The second-order valence-electron chi connectivity index (χ2n) is 7.76. The fourth-order valence-electron chi connectivity index (χ4n) is 3.28. The Balaban J connectivity index is 2.46. The monoisotopic (exact) mass is 268 g/mol. The molecule has 0 bridgehead atoms. The number of rotatable bonds is 7. The van der Waals surface area contributed by atoms with Crippen LogP contribution in [0.1, 0.15) is 66.7 Å². The molecule has 0 amide bonds. The summed E-state index contributed by atoms with van der Waals surface area (Å²) in [5.41, 5.74) is 0.993. The molecule has 1 fully saturated rings. The molecule has 114 valence electrons. The highest BCUT2D eigenvalue weighted by Crippen LogP contribution is 2.37. The van der Waals surface area contributed by atoms with E-state index in [2.05, 4.69) is 51.9 Å². The van der Waals surface area contributed by atoms with E-state index in [1.165, 1.54) is 38.6 Å². The molecule has 0 aromatic rings. The summed E-state index contributed by atoms with van der Waals surface area (Å²) >= 11 is 0. The van der Waals surface area contributed by atoms with Gasteiger partial charge in [-0.2, -0.15) is 0 Å². The lowest BCUT2D eigenvalue weighted by Crippen LogP contribution is -2.46. The zero-order valence-electron chi connectivity index (χ0n) is 14.2. The van der Waals surface area contributed by atoms with Gasteiger partial charge in [0.25, 0.3) is 0 Å². The summed E-state index contributed by atoms with van der Waals surface area (Å²) in [6, 6.07) is 0.806. The fourth-order valence-corrected chi connectivity index (χ4v) is 3.28. The van der Waals surface area contributed by atoms with Crippen LogP contribution >= 0.6 is 0 Å². The van der Waals surface area contributed by atoms with Gasteiger partial charge in [0, 0.05) is 19.1 Å². The minimum atomic E-state index is 0.414. The Morgan fingerprint density at radius 3 is 2.26 bits per heavy atom. The maximum atomic E-state index is 3.53. The van der Waals surface area contributed by atoms with Gasteiger partial charge in [-0.25, -0.2) is 0 Å². The molecule has 2 nitrogen and oxygen atoms in total. The SMILES string of the molecule is CCNCC(C)(CC)CN(C)C1CCC(C)(C)CC1. The molecule has 0 aliphatic heterocycles. The third-order valence-electron chi connectivity index (χ3n) is 5.22. The first-order valence-corrected chi connectivity index (χ1v) is 8.23. The summed E-state index contributed by atoms with van der Waals surface area (Å²) < 4.78 is 0. The lowest BCUT2D eigenvalue weighted by molar-refractivity contribution is 0.0873. The number of nitrogens with zero attached hydrogens (tertiary/aromatic N) is 1. The van der Waals surface area contributed by atoms with Crippen molar-refractivity contribution in [3.63, 3.8) is 0 Å². The minimum absolute atomic E-state index is 0.414. The summed E-state index contributed by atoms with van der Waals surface area (Å²) in [5.74, 6) is 0. The van der Waals surface area contributed by atoms with Crippen molar-refractivity contribution in [1.82, 2.24) is 10.2 Å². The van der Waals surface area contributed by atoms with Crippen molar-refractivity contribution in [2.45, 2.75) is 72.8 Å². The standard InChI is InChI=1S/C17H36N2/c1-7-17(5,13-18-8-2)14-19(6)15-9-11-16(3,4)12-10-15/h15,18H,7-14H2,1-6H3. The van der Waals surface area contributed by atoms with Crippen molar-refractivity contribution in [2.75, 3.05) is 26.7 Å². The van der Waals surface area contributed by atoms with Crippen molar-refractivity contribution in [2.24, 2.45) is 10.8 Å². The highest BCUT2D eigenvalue weighted by atomic mass is 15.1. The van der Waals surface area contributed by atoms with E-state index in [0.717, 1.165) is 19.1 Å².